The Labute approximate surface area is 173 Å². The maximum atomic E-state index is 12.7. The number of hydrogen-bond donors (Lipinski definition) is 1. The van der Waals surface area contributed by atoms with Crippen LogP contribution < -0.4 is 15.1 Å². The van der Waals surface area contributed by atoms with E-state index in [0.717, 1.165) is 58.2 Å². The molecule has 2 aliphatic heterocycles. The molecule has 0 aromatic heterocycles. The van der Waals surface area contributed by atoms with Gasteiger partial charge in [0.2, 0.25) is 5.91 Å². The Hall–Kier alpha value is -2.73. The second-order valence-electron chi connectivity index (χ2n) is 7.50. The van der Waals surface area contributed by atoms with Gasteiger partial charge in [-0.1, -0.05) is 30.3 Å². The molecular formula is C23H30N4O2. The van der Waals surface area contributed by atoms with Crippen molar-refractivity contribution >= 4 is 23.0 Å². The fourth-order valence-corrected chi connectivity index (χ4v) is 4.02. The van der Waals surface area contributed by atoms with Crippen LogP contribution in [-0.4, -0.2) is 69.8 Å². The molecule has 0 radical (unpaired) electrons. The molecule has 2 fully saturated rings. The summed E-state index contributed by atoms with van der Waals surface area (Å²) >= 11 is 0. The molecule has 0 atom stereocenters. The molecule has 29 heavy (non-hydrogen) atoms. The van der Waals surface area contributed by atoms with Gasteiger partial charge >= 0.3 is 0 Å². The highest BCUT2D eigenvalue weighted by molar-refractivity contribution is 5.78. The first-order valence-corrected chi connectivity index (χ1v) is 10.5. The van der Waals surface area contributed by atoms with Gasteiger partial charge in [-0.05, 0) is 24.3 Å². The molecule has 2 aliphatic rings. The fraction of sp³-hybridized carbons (Fsp3) is 0.435. The summed E-state index contributed by atoms with van der Waals surface area (Å²) in [5.74, 6) is 0.231. The molecule has 2 saturated heterocycles. The van der Waals surface area contributed by atoms with E-state index in [1.165, 1.54) is 11.4 Å². The number of nitrogens with zero attached hydrogens (tertiary/aromatic N) is 3. The predicted molar refractivity (Wildman–Crippen MR) is 118 cm³/mol. The number of hydrogen-bond acceptors (Lipinski definition) is 5. The van der Waals surface area contributed by atoms with E-state index in [4.69, 9.17) is 4.74 Å². The van der Waals surface area contributed by atoms with Gasteiger partial charge in [-0.2, -0.15) is 0 Å². The van der Waals surface area contributed by atoms with Crippen LogP contribution in [0, 0.1) is 0 Å². The summed E-state index contributed by atoms with van der Waals surface area (Å²) in [7, 11) is 0. The number of ether oxygens (including phenoxy) is 1. The second kappa shape index (κ2) is 9.65. The summed E-state index contributed by atoms with van der Waals surface area (Å²) in [5.41, 5.74) is 3.52. The van der Waals surface area contributed by atoms with Gasteiger partial charge < -0.3 is 24.8 Å². The average molecular weight is 395 g/mol. The summed E-state index contributed by atoms with van der Waals surface area (Å²) in [6.07, 6.45) is 0.517. The number of amides is 1. The number of carbonyl (C=O) groups is 1. The monoisotopic (exact) mass is 394 g/mol. The standard InChI is InChI=1S/C23H30N4O2/c28-23(27-14-12-25(13-15-27)20-6-2-1-3-7-20)10-11-24-21-8-4-5-9-22(21)26-16-18-29-19-17-26/h1-9,24H,10-19H2. The van der Waals surface area contributed by atoms with Crippen molar-refractivity contribution in [3.05, 3.63) is 54.6 Å². The molecular weight excluding hydrogens is 364 g/mol. The SMILES string of the molecule is O=C(CCNc1ccccc1N1CCOCC1)N1CCN(c2ccccc2)CC1. The first-order valence-electron chi connectivity index (χ1n) is 10.5. The van der Waals surface area contributed by atoms with E-state index in [1.807, 2.05) is 17.0 Å². The van der Waals surface area contributed by atoms with Gasteiger partial charge in [-0.25, -0.2) is 0 Å². The van der Waals surface area contributed by atoms with Crippen molar-refractivity contribution in [1.29, 1.82) is 0 Å². The van der Waals surface area contributed by atoms with Crippen molar-refractivity contribution < 1.29 is 9.53 Å². The molecule has 0 spiro atoms. The third kappa shape index (κ3) is 5.01. The molecule has 2 aromatic rings. The van der Waals surface area contributed by atoms with Crippen LogP contribution in [0.2, 0.25) is 0 Å². The number of para-hydroxylation sites is 3. The van der Waals surface area contributed by atoms with Crippen LogP contribution in [0.5, 0.6) is 0 Å². The average Bonchev–Trinajstić information content (AvgIpc) is 2.80. The Balaban J connectivity index is 1.25. The van der Waals surface area contributed by atoms with Crippen LogP contribution in [-0.2, 0) is 9.53 Å². The van der Waals surface area contributed by atoms with Crippen LogP contribution in [0.3, 0.4) is 0 Å². The van der Waals surface area contributed by atoms with Gasteiger partial charge in [-0.15, -0.1) is 0 Å². The minimum atomic E-state index is 0.231. The van der Waals surface area contributed by atoms with Gasteiger partial charge in [0, 0.05) is 57.9 Å². The number of carbonyl (C=O) groups excluding carboxylic acids is 1. The largest absolute Gasteiger partial charge is 0.383 e. The molecule has 2 heterocycles. The predicted octanol–water partition coefficient (Wildman–Crippen LogP) is 2.67. The van der Waals surface area contributed by atoms with Crippen molar-refractivity contribution in [3.8, 4) is 0 Å². The van der Waals surface area contributed by atoms with Crippen molar-refractivity contribution in [2.24, 2.45) is 0 Å². The highest BCUT2D eigenvalue weighted by Gasteiger charge is 2.21. The molecule has 0 unspecified atom stereocenters. The molecule has 0 aliphatic carbocycles. The topological polar surface area (TPSA) is 48.1 Å². The lowest BCUT2D eigenvalue weighted by atomic mass is 10.2. The lowest BCUT2D eigenvalue weighted by molar-refractivity contribution is -0.131. The third-order valence-corrected chi connectivity index (χ3v) is 5.66. The maximum absolute atomic E-state index is 12.7. The molecule has 2 aromatic carbocycles. The van der Waals surface area contributed by atoms with E-state index >= 15 is 0 Å². The van der Waals surface area contributed by atoms with Gasteiger partial charge in [0.25, 0.3) is 0 Å². The summed E-state index contributed by atoms with van der Waals surface area (Å²) in [5, 5.41) is 3.47. The van der Waals surface area contributed by atoms with E-state index in [9.17, 15) is 4.79 Å². The Morgan fingerprint density at radius 2 is 1.52 bits per heavy atom. The van der Waals surface area contributed by atoms with Crippen LogP contribution in [0.25, 0.3) is 0 Å². The maximum Gasteiger partial charge on any atom is 0.224 e. The van der Waals surface area contributed by atoms with Crippen LogP contribution in [0.4, 0.5) is 17.1 Å². The number of anilines is 3. The second-order valence-corrected chi connectivity index (χ2v) is 7.50. The molecule has 4 rings (SSSR count). The zero-order valence-electron chi connectivity index (χ0n) is 16.9. The van der Waals surface area contributed by atoms with E-state index in [0.29, 0.717) is 13.0 Å². The Kier molecular flexibility index (Phi) is 6.52. The van der Waals surface area contributed by atoms with Crippen molar-refractivity contribution in [2.75, 3.05) is 74.1 Å². The number of benzene rings is 2. The highest BCUT2D eigenvalue weighted by Crippen LogP contribution is 2.26. The molecule has 0 bridgehead atoms. The number of rotatable bonds is 6. The van der Waals surface area contributed by atoms with Crippen molar-refractivity contribution in [2.45, 2.75) is 6.42 Å². The Morgan fingerprint density at radius 1 is 0.828 bits per heavy atom. The molecule has 154 valence electrons. The summed E-state index contributed by atoms with van der Waals surface area (Å²) < 4.78 is 5.46. The Morgan fingerprint density at radius 3 is 2.28 bits per heavy atom. The minimum Gasteiger partial charge on any atom is -0.383 e. The molecule has 1 amide bonds. The summed E-state index contributed by atoms with van der Waals surface area (Å²) in [6.45, 7) is 7.36. The van der Waals surface area contributed by atoms with E-state index < -0.39 is 0 Å². The number of nitrogens with one attached hydrogen (secondary N) is 1. The molecule has 0 saturated carbocycles. The lowest BCUT2D eigenvalue weighted by Gasteiger charge is -2.36. The van der Waals surface area contributed by atoms with Gasteiger partial charge in [-0.3, -0.25) is 4.79 Å². The normalized spacial score (nSPS) is 17.3. The number of morpholine rings is 1. The first kappa shape index (κ1) is 19.6. The summed E-state index contributed by atoms with van der Waals surface area (Å²) in [4.78, 5) is 19.3. The van der Waals surface area contributed by atoms with E-state index in [2.05, 4.69) is 57.6 Å². The van der Waals surface area contributed by atoms with Gasteiger partial charge in [0.05, 0.1) is 24.6 Å². The van der Waals surface area contributed by atoms with Gasteiger partial charge in [0.15, 0.2) is 0 Å². The highest BCUT2D eigenvalue weighted by atomic mass is 16.5. The smallest absolute Gasteiger partial charge is 0.224 e. The zero-order chi connectivity index (χ0) is 19.9. The van der Waals surface area contributed by atoms with E-state index in [1.54, 1.807) is 0 Å². The molecule has 6 nitrogen and oxygen atoms in total. The van der Waals surface area contributed by atoms with E-state index in [-0.39, 0.29) is 5.91 Å². The van der Waals surface area contributed by atoms with Crippen LogP contribution in [0.1, 0.15) is 6.42 Å². The fourth-order valence-electron chi connectivity index (χ4n) is 4.02. The minimum absolute atomic E-state index is 0.231. The quantitative estimate of drug-likeness (QED) is 0.816. The van der Waals surface area contributed by atoms with Crippen molar-refractivity contribution in [3.63, 3.8) is 0 Å². The van der Waals surface area contributed by atoms with Gasteiger partial charge in [0.1, 0.15) is 0 Å². The first-order chi connectivity index (χ1) is 14.3. The lowest BCUT2D eigenvalue weighted by Crippen LogP contribution is -2.49. The third-order valence-electron chi connectivity index (χ3n) is 5.66. The summed E-state index contributed by atoms with van der Waals surface area (Å²) in [6, 6.07) is 18.8. The van der Waals surface area contributed by atoms with Crippen LogP contribution >= 0.6 is 0 Å². The Bertz CT molecular complexity index is 784. The van der Waals surface area contributed by atoms with Crippen molar-refractivity contribution in [1.82, 2.24) is 4.90 Å². The number of piperazine rings is 1. The van der Waals surface area contributed by atoms with Crippen LogP contribution in [0.15, 0.2) is 54.6 Å². The molecule has 1 N–H and O–H groups in total. The zero-order valence-corrected chi connectivity index (χ0v) is 16.9. The molecule has 6 heteroatoms.